The summed E-state index contributed by atoms with van der Waals surface area (Å²) in [5.74, 6) is 0. The van der Waals surface area contributed by atoms with Gasteiger partial charge in [-0.2, -0.15) is 0 Å². The van der Waals surface area contributed by atoms with Crippen LogP contribution in [0.15, 0.2) is 54.6 Å². The van der Waals surface area contributed by atoms with E-state index in [9.17, 15) is 4.79 Å². The Hall–Kier alpha value is -2.33. The third-order valence-corrected chi connectivity index (χ3v) is 3.81. The highest BCUT2D eigenvalue weighted by Gasteiger charge is 2.13. The quantitative estimate of drug-likeness (QED) is 0.825. The molecule has 1 unspecified atom stereocenters. The number of amides is 2. The van der Waals surface area contributed by atoms with Gasteiger partial charge in [0.25, 0.3) is 0 Å². The lowest BCUT2D eigenvalue weighted by molar-refractivity contribution is 0.103. The molecule has 0 saturated carbocycles. The first-order valence-corrected chi connectivity index (χ1v) is 7.84. The first-order valence-electron chi connectivity index (χ1n) is 7.84. The number of urea groups is 1. The van der Waals surface area contributed by atoms with Gasteiger partial charge in [0.05, 0.1) is 6.10 Å². The van der Waals surface area contributed by atoms with Crippen LogP contribution in [-0.2, 0) is 11.2 Å². The maximum atomic E-state index is 11.9. The van der Waals surface area contributed by atoms with Crippen LogP contribution in [0.3, 0.4) is 0 Å². The molecule has 0 fully saturated rings. The molecular formula is C19H24N2O2. The number of carbonyl (C=O) groups is 1. The van der Waals surface area contributed by atoms with Crippen molar-refractivity contribution in [3.05, 3.63) is 71.3 Å². The van der Waals surface area contributed by atoms with E-state index < -0.39 is 0 Å². The van der Waals surface area contributed by atoms with Crippen LogP contribution in [0.5, 0.6) is 0 Å². The Balaban J connectivity index is 1.75. The summed E-state index contributed by atoms with van der Waals surface area (Å²) < 4.78 is 5.50. The summed E-state index contributed by atoms with van der Waals surface area (Å²) in [5, 5.41) is 5.74. The summed E-state index contributed by atoms with van der Waals surface area (Å²) >= 11 is 0. The van der Waals surface area contributed by atoms with Crippen LogP contribution < -0.4 is 10.6 Å². The maximum absolute atomic E-state index is 11.9. The molecule has 0 aliphatic rings. The second-order valence-corrected chi connectivity index (χ2v) is 5.45. The second-order valence-electron chi connectivity index (χ2n) is 5.45. The SMILES string of the molecule is COC(CNC(=O)NCCc1ccccc1)c1ccccc1C. The normalized spacial score (nSPS) is 11.7. The zero-order valence-corrected chi connectivity index (χ0v) is 13.7. The Labute approximate surface area is 137 Å². The number of hydrogen-bond acceptors (Lipinski definition) is 2. The van der Waals surface area contributed by atoms with Gasteiger partial charge in [0, 0.05) is 20.2 Å². The van der Waals surface area contributed by atoms with E-state index in [1.54, 1.807) is 7.11 Å². The number of methoxy groups -OCH3 is 1. The van der Waals surface area contributed by atoms with E-state index >= 15 is 0 Å². The van der Waals surface area contributed by atoms with Crippen molar-refractivity contribution < 1.29 is 9.53 Å². The van der Waals surface area contributed by atoms with Crippen molar-refractivity contribution in [1.29, 1.82) is 0 Å². The standard InChI is InChI=1S/C19H24N2O2/c1-15-8-6-7-11-17(15)18(23-2)14-21-19(22)20-13-12-16-9-4-3-5-10-16/h3-11,18H,12-14H2,1-2H3,(H2,20,21,22). The number of aryl methyl sites for hydroxylation is 1. The van der Waals surface area contributed by atoms with E-state index in [4.69, 9.17) is 4.74 Å². The highest BCUT2D eigenvalue weighted by molar-refractivity contribution is 5.73. The number of benzene rings is 2. The fourth-order valence-electron chi connectivity index (χ4n) is 2.48. The van der Waals surface area contributed by atoms with E-state index in [0.29, 0.717) is 13.1 Å². The minimum atomic E-state index is -0.170. The van der Waals surface area contributed by atoms with Gasteiger partial charge in [0.2, 0.25) is 0 Å². The lowest BCUT2D eigenvalue weighted by Gasteiger charge is -2.18. The number of hydrogen-bond donors (Lipinski definition) is 2. The highest BCUT2D eigenvalue weighted by Crippen LogP contribution is 2.19. The first-order chi connectivity index (χ1) is 11.2. The smallest absolute Gasteiger partial charge is 0.314 e. The molecule has 1 atom stereocenters. The van der Waals surface area contributed by atoms with Crippen molar-refractivity contribution in [3.63, 3.8) is 0 Å². The lowest BCUT2D eigenvalue weighted by atomic mass is 10.0. The van der Waals surface area contributed by atoms with Gasteiger partial charge in [-0.05, 0) is 30.0 Å². The molecule has 0 aromatic heterocycles. The molecule has 4 nitrogen and oxygen atoms in total. The summed E-state index contributed by atoms with van der Waals surface area (Å²) in [6.45, 7) is 3.09. The van der Waals surface area contributed by atoms with Crippen LogP contribution in [0.2, 0.25) is 0 Å². The summed E-state index contributed by atoms with van der Waals surface area (Å²) in [7, 11) is 1.66. The molecule has 0 radical (unpaired) electrons. The van der Waals surface area contributed by atoms with Gasteiger partial charge in [-0.15, -0.1) is 0 Å². The van der Waals surface area contributed by atoms with E-state index in [2.05, 4.69) is 22.8 Å². The second kappa shape index (κ2) is 8.96. The van der Waals surface area contributed by atoms with E-state index in [0.717, 1.165) is 17.5 Å². The lowest BCUT2D eigenvalue weighted by Crippen LogP contribution is -2.39. The Morgan fingerprint density at radius 1 is 1.04 bits per heavy atom. The summed E-state index contributed by atoms with van der Waals surface area (Å²) in [5.41, 5.74) is 3.47. The third-order valence-electron chi connectivity index (χ3n) is 3.81. The van der Waals surface area contributed by atoms with Gasteiger partial charge in [0.15, 0.2) is 0 Å². The van der Waals surface area contributed by atoms with Crippen molar-refractivity contribution in [2.75, 3.05) is 20.2 Å². The molecule has 122 valence electrons. The molecule has 0 saturated heterocycles. The van der Waals surface area contributed by atoms with E-state index in [1.807, 2.05) is 49.4 Å². The highest BCUT2D eigenvalue weighted by atomic mass is 16.5. The minimum Gasteiger partial charge on any atom is -0.375 e. The molecule has 2 amide bonds. The van der Waals surface area contributed by atoms with Gasteiger partial charge < -0.3 is 15.4 Å². The van der Waals surface area contributed by atoms with Crippen LogP contribution in [0, 0.1) is 6.92 Å². The average Bonchev–Trinajstić information content (AvgIpc) is 2.58. The predicted molar refractivity (Wildman–Crippen MR) is 92.5 cm³/mol. The number of rotatable bonds is 7. The maximum Gasteiger partial charge on any atom is 0.314 e. The van der Waals surface area contributed by atoms with Crippen LogP contribution in [0.25, 0.3) is 0 Å². The van der Waals surface area contributed by atoms with Crippen LogP contribution in [0.1, 0.15) is 22.8 Å². The Bertz CT molecular complexity index is 614. The summed E-state index contributed by atoms with van der Waals surface area (Å²) in [4.78, 5) is 11.9. The Kier molecular flexibility index (Phi) is 6.63. The molecule has 4 heteroatoms. The van der Waals surface area contributed by atoms with Crippen molar-refractivity contribution in [1.82, 2.24) is 10.6 Å². The average molecular weight is 312 g/mol. The van der Waals surface area contributed by atoms with Gasteiger partial charge in [-0.3, -0.25) is 0 Å². The fraction of sp³-hybridized carbons (Fsp3) is 0.316. The van der Waals surface area contributed by atoms with E-state index in [-0.39, 0.29) is 12.1 Å². The van der Waals surface area contributed by atoms with Crippen molar-refractivity contribution >= 4 is 6.03 Å². The van der Waals surface area contributed by atoms with Gasteiger partial charge in [-0.25, -0.2) is 4.79 Å². The number of ether oxygens (including phenoxy) is 1. The molecule has 0 aliphatic carbocycles. The fourth-order valence-corrected chi connectivity index (χ4v) is 2.48. The monoisotopic (exact) mass is 312 g/mol. The molecule has 2 aromatic carbocycles. The summed E-state index contributed by atoms with van der Waals surface area (Å²) in [6.07, 6.45) is 0.677. The molecule has 2 rings (SSSR count). The molecule has 23 heavy (non-hydrogen) atoms. The molecule has 0 spiro atoms. The molecular weight excluding hydrogens is 288 g/mol. The van der Waals surface area contributed by atoms with Gasteiger partial charge in [-0.1, -0.05) is 54.6 Å². The van der Waals surface area contributed by atoms with Crippen LogP contribution in [0.4, 0.5) is 4.79 Å². The topological polar surface area (TPSA) is 50.4 Å². The van der Waals surface area contributed by atoms with E-state index in [1.165, 1.54) is 5.56 Å². The molecule has 2 N–H and O–H groups in total. The predicted octanol–water partition coefficient (Wildman–Crippen LogP) is 3.22. The molecule has 0 aliphatic heterocycles. The zero-order chi connectivity index (χ0) is 16.5. The molecule has 0 bridgehead atoms. The van der Waals surface area contributed by atoms with Crippen molar-refractivity contribution in [2.24, 2.45) is 0 Å². The largest absolute Gasteiger partial charge is 0.375 e. The minimum absolute atomic E-state index is 0.143. The first kappa shape index (κ1) is 17.0. The van der Waals surface area contributed by atoms with Crippen LogP contribution >= 0.6 is 0 Å². The molecule has 0 heterocycles. The molecule has 2 aromatic rings. The Morgan fingerprint density at radius 2 is 1.74 bits per heavy atom. The van der Waals surface area contributed by atoms with Crippen LogP contribution in [-0.4, -0.2) is 26.2 Å². The number of carbonyl (C=O) groups excluding carboxylic acids is 1. The number of nitrogens with one attached hydrogen (secondary N) is 2. The van der Waals surface area contributed by atoms with Crippen molar-refractivity contribution in [2.45, 2.75) is 19.4 Å². The van der Waals surface area contributed by atoms with Crippen molar-refractivity contribution in [3.8, 4) is 0 Å². The van der Waals surface area contributed by atoms with Gasteiger partial charge in [0.1, 0.15) is 0 Å². The zero-order valence-electron chi connectivity index (χ0n) is 13.7. The van der Waals surface area contributed by atoms with Gasteiger partial charge >= 0.3 is 6.03 Å². The third kappa shape index (κ3) is 5.42. The summed E-state index contributed by atoms with van der Waals surface area (Å²) in [6, 6.07) is 18.0. The Morgan fingerprint density at radius 3 is 2.43 bits per heavy atom.